The standard InChI is InChI=1S/C27H22N2O7S3/c1-18-8-10-20(11-9-18)38(30,31)35-24-13-12-21(16-25(24)34-3)39(32,33)36-29-27-15-14-26(37-27)23(17-28)22-7-5-4-6-19(22)2/h4-16H,1-3H3/b26-23-,29-27+. The first kappa shape index (κ1) is 28.0. The number of methoxy groups -OCH3 is 1. The number of oxime groups is 1. The van der Waals surface area contributed by atoms with Gasteiger partial charge in [0.2, 0.25) is 0 Å². The van der Waals surface area contributed by atoms with Gasteiger partial charge in [0.25, 0.3) is 0 Å². The summed E-state index contributed by atoms with van der Waals surface area (Å²) < 4.78 is 66.1. The van der Waals surface area contributed by atoms with Crippen molar-refractivity contribution in [2.24, 2.45) is 5.16 Å². The molecule has 0 radical (unpaired) electrons. The summed E-state index contributed by atoms with van der Waals surface area (Å²) >= 11 is 1.09. The van der Waals surface area contributed by atoms with Crippen LogP contribution < -0.4 is 8.92 Å². The fourth-order valence-corrected chi connectivity index (χ4v) is 6.05. The van der Waals surface area contributed by atoms with Crippen LogP contribution in [0.1, 0.15) is 16.7 Å². The van der Waals surface area contributed by atoms with Crippen LogP contribution >= 0.6 is 11.8 Å². The average Bonchev–Trinajstić information content (AvgIpc) is 3.38. The monoisotopic (exact) mass is 582 g/mol. The van der Waals surface area contributed by atoms with Gasteiger partial charge in [-0.3, -0.25) is 4.28 Å². The quantitative estimate of drug-likeness (QED) is 0.196. The summed E-state index contributed by atoms with van der Waals surface area (Å²) in [6.45, 7) is 3.71. The lowest BCUT2D eigenvalue weighted by atomic mass is 10.0. The lowest BCUT2D eigenvalue weighted by Crippen LogP contribution is -2.11. The molecule has 12 heteroatoms. The fraction of sp³-hybridized carbons (Fsp3) is 0.111. The van der Waals surface area contributed by atoms with E-state index in [1.807, 2.05) is 38.1 Å². The molecule has 0 bridgehead atoms. The molecular formula is C27H22N2O7S3. The number of hydrogen-bond acceptors (Lipinski definition) is 10. The van der Waals surface area contributed by atoms with Crippen LogP contribution in [0.4, 0.5) is 0 Å². The first-order valence-corrected chi connectivity index (χ1v) is 14.9. The van der Waals surface area contributed by atoms with E-state index in [9.17, 15) is 22.1 Å². The average molecular weight is 583 g/mol. The number of benzene rings is 3. The maximum absolute atomic E-state index is 12.8. The van der Waals surface area contributed by atoms with E-state index in [4.69, 9.17) is 13.2 Å². The second kappa shape index (κ2) is 11.4. The predicted molar refractivity (Wildman–Crippen MR) is 148 cm³/mol. The molecule has 0 atom stereocenters. The highest BCUT2D eigenvalue weighted by Gasteiger charge is 2.24. The molecule has 0 N–H and O–H groups in total. The number of nitriles is 1. The molecule has 0 amide bonds. The number of aryl methyl sites for hydroxylation is 2. The van der Waals surface area contributed by atoms with Crippen molar-refractivity contribution in [1.82, 2.24) is 0 Å². The highest BCUT2D eigenvalue weighted by atomic mass is 32.2. The van der Waals surface area contributed by atoms with Gasteiger partial charge in [-0.2, -0.15) is 22.1 Å². The number of rotatable bonds is 8. The zero-order valence-corrected chi connectivity index (χ0v) is 23.4. The van der Waals surface area contributed by atoms with Gasteiger partial charge in [-0.1, -0.05) is 58.9 Å². The van der Waals surface area contributed by atoms with Crippen molar-refractivity contribution in [2.45, 2.75) is 23.6 Å². The van der Waals surface area contributed by atoms with Crippen molar-refractivity contribution >= 4 is 42.6 Å². The van der Waals surface area contributed by atoms with Crippen LogP contribution in [0.2, 0.25) is 0 Å². The Labute approximate surface area is 231 Å². The minimum Gasteiger partial charge on any atom is -0.493 e. The van der Waals surface area contributed by atoms with Crippen molar-refractivity contribution < 1.29 is 30.0 Å². The Morgan fingerprint density at radius 3 is 2.23 bits per heavy atom. The Bertz CT molecular complexity index is 1770. The highest BCUT2D eigenvalue weighted by Crippen LogP contribution is 2.36. The Kier molecular flexibility index (Phi) is 8.15. The van der Waals surface area contributed by atoms with Gasteiger partial charge in [0.05, 0.1) is 12.7 Å². The molecule has 0 unspecified atom stereocenters. The smallest absolute Gasteiger partial charge is 0.358 e. The lowest BCUT2D eigenvalue weighted by molar-refractivity contribution is 0.339. The molecule has 3 aromatic rings. The van der Waals surface area contributed by atoms with Gasteiger partial charge < -0.3 is 8.92 Å². The number of allylic oxidation sites excluding steroid dienone is 2. The Morgan fingerprint density at radius 2 is 1.56 bits per heavy atom. The molecule has 0 saturated heterocycles. The van der Waals surface area contributed by atoms with Crippen LogP contribution in [0.15, 0.2) is 98.7 Å². The third kappa shape index (κ3) is 6.34. The first-order valence-electron chi connectivity index (χ1n) is 11.3. The molecule has 1 aliphatic heterocycles. The van der Waals surface area contributed by atoms with Crippen LogP contribution in [0.25, 0.3) is 5.57 Å². The van der Waals surface area contributed by atoms with Crippen molar-refractivity contribution in [2.75, 3.05) is 7.11 Å². The Balaban J connectivity index is 1.53. The summed E-state index contributed by atoms with van der Waals surface area (Å²) in [5, 5.41) is 13.7. The summed E-state index contributed by atoms with van der Waals surface area (Å²) in [4.78, 5) is 0.206. The molecule has 9 nitrogen and oxygen atoms in total. The van der Waals surface area contributed by atoms with Crippen LogP contribution in [0.5, 0.6) is 11.5 Å². The number of nitrogens with zero attached hydrogens (tertiary/aromatic N) is 2. The van der Waals surface area contributed by atoms with Crippen LogP contribution in [0, 0.1) is 25.2 Å². The summed E-state index contributed by atoms with van der Waals surface area (Å²) in [6, 6.07) is 19.0. The van der Waals surface area contributed by atoms with Gasteiger partial charge in [0.15, 0.2) is 11.5 Å². The molecule has 4 rings (SSSR count). The van der Waals surface area contributed by atoms with E-state index in [2.05, 4.69) is 11.2 Å². The maximum atomic E-state index is 12.8. The van der Waals surface area contributed by atoms with Crippen LogP contribution in [-0.2, 0) is 24.5 Å². The minimum absolute atomic E-state index is 0.0662. The van der Waals surface area contributed by atoms with Crippen molar-refractivity contribution in [3.63, 3.8) is 0 Å². The van der Waals surface area contributed by atoms with Crippen molar-refractivity contribution in [3.8, 4) is 17.6 Å². The lowest BCUT2D eigenvalue weighted by Gasteiger charge is -2.12. The molecule has 0 fully saturated rings. The van der Waals surface area contributed by atoms with E-state index in [-0.39, 0.29) is 26.3 Å². The molecule has 0 aliphatic carbocycles. The SMILES string of the molecule is COc1cc(S(=O)(=O)O/N=C2C=C/C(=C(\C#N)c3ccccc3C)S\2)ccc1OS(=O)(=O)c1ccc(C)cc1. The molecular weight excluding hydrogens is 561 g/mol. The van der Waals surface area contributed by atoms with Gasteiger partial charge in [0.1, 0.15) is 20.9 Å². The minimum atomic E-state index is -4.40. The molecule has 1 aliphatic rings. The zero-order valence-electron chi connectivity index (χ0n) is 21.0. The topological polar surface area (TPSA) is 132 Å². The van der Waals surface area contributed by atoms with Crippen LogP contribution in [0.3, 0.4) is 0 Å². The second-order valence-corrected chi connectivity index (χ2v) is 12.4. The van der Waals surface area contributed by atoms with Gasteiger partial charge >= 0.3 is 20.2 Å². The molecule has 3 aromatic carbocycles. The molecule has 0 saturated carbocycles. The van der Waals surface area contributed by atoms with Crippen LogP contribution in [-0.4, -0.2) is 29.0 Å². The Hall–Kier alpha value is -4.05. The normalized spacial score (nSPS) is 15.6. The predicted octanol–water partition coefficient (Wildman–Crippen LogP) is 5.34. The molecule has 0 aromatic heterocycles. The van der Waals surface area contributed by atoms with E-state index < -0.39 is 20.2 Å². The van der Waals surface area contributed by atoms with E-state index in [0.717, 1.165) is 46.7 Å². The van der Waals surface area contributed by atoms with E-state index in [0.29, 0.717) is 10.5 Å². The largest absolute Gasteiger partial charge is 0.493 e. The molecule has 0 spiro atoms. The second-order valence-electron chi connectivity index (χ2n) is 8.22. The zero-order chi connectivity index (χ0) is 28.2. The third-order valence-corrected chi connectivity index (χ3v) is 8.85. The molecule has 39 heavy (non-hydrogen) atoms. The van der Waals surface area contributed by atoms with Gasteiger partial charge in [-0.25, -0.2) is 0 Å². The number of thioether (sulfide) groups is 1. The molecule has 1 heterocycles. The summed E-state index contributed by atoms with van der Waals surface area (Å²) in [5.74, 6) is -0.340. The summed E-state index contributed by atoms with van der Waals surface area (Å²) in [7, 11) is -7.35. The summed E-state index contributed by atoms with van der Waals surface area (Å²) in [5.41, 5.74) is 3.00. The van der Waals surface area contributed by atoms with E-state index >= 15 is 0 Å². The van der Waals surface area contributed by atoms with Gasteiger partial charge in [0, 0.05) is 11.0 Å². The first-order chi connectivity index (χ1) is 18.5. The van der Waals surface area contributed by atoms with Crippen molar-refractivity contribution in [1.29, 1.82) is 5.26 Å². The summed E-state index contributed by atoms with van der Waals surface area (Å²) in [6.07, 6.45) is 3.20. The highest BCUT2D eigenvalue weighted by molar-refractivity contribution is 8.18. The van der Waals surface area contributed by atoms with Gasteiger partial charge in [-0.05, 0) is 61.4 Å². The van der Waals surface area contributed by atoms with Gasteiger partial charge in [-0.15, -0.1) is 0 Å². The number of hydrogen-bond donors (Lipinski definition) is 0. The molecule has 200 valence electrons. The fourth-order valence-electron chi connectivity index (χ4n) is 3.48. The van der Waals surface area contributed by atoms with E-state index in [1.54, 1.807) is 24.3 Å². The Morgan fingerprint density at radius 1 is 0.872 bits per heavy atom. The third-order valence-electron chi connectivity index (χ3n) is 5.52. The maximum Gasteiger partial charge on any atom is 0.358 e. The van der Waals surface area contributed by atoms with E-state index in [1.165, 1.54) is 19.2 Å². The van der Waals surface area contributed by atoms with Crippen molar-refractivity contribution in [3.05, 3.63) is 100 Å². The number of ether oxygens (including phenoxy) is 1.